The van der Waals surface area contributed by atoms with E-state index in [-0.39, 0.29) is 5.75 Å². The minimum absolute atomic E-state index is 0.0310. The predicted octanol–water partition coefficient (Wildman–Crippen LogP) is 1.75. The van der Waals surface area contributed by atoms with Gasteiger partial charge in [-0.3, -0.25) is 15.0 Å². The number of urea groups is 1. The topological polar surface area (TPSA) is 109 Å². The van der Waals surface area contributed by atoms with Crippen LogP contribution < -0.4 is 10.7 Å². The molecule has 4 amide bonds. The second kappa shape index (κ2) is 8.48. The molecule has 2 N–H and O–H groups in total. The van der Waals surface area contributed by atoms with Gasteiger partial charge in [0.2, 0.25) is 5.91 Å². The largest absolute Gasteiger partial charge is 0.344 e. The maximum Gasteiger partial charge on any atom is 0.344 e. The Bertz CT molecular complexity index is 945. The first kappa shape index (κ1) is 20.6. The van der Waals surface area contributed by atoms with Crippen LogP contribution >= 0.6 is 11.8 Å². The number of imide groups is 1. The summed E-state index contributed by atoms with van der Waals surface area (Å²) >= 11 is 1.16. The van der Waals surface area contributed by atoms with E-state index in [4.69, 9.17) is 0 Å². The Balaban J connectivity index is 1.69. The molecule has 0 saturated carbocycles. The Hall–Kier alpha value is -3.14. The van der Waals surface area contributed by atoms with Crippen molar-refractivity contribution in [1.29, 1.82) is 0 Å². The molecular formula is C19H22N6O3S. The average Bonchev–Trinajstić information content (AvgIpc) is 3.20. The monoisotopic (exact) mass is 414 g/mol. The van der Waals surface area contributed by atoms with Crippen molar-refractivity contribution in [1.82, 2.24) is 30.5 Å². The molecule has 1 unspecified atom stereocenters. The Morgan fingerprint density at radius 2 is 2.03 bits per heavy atom. The summed E-state index contributed by atoms with van der Waals surface area (Å²) in [6, 6.07) is 8.31. The van der Waals surface area contributed by atoms with Crippen LogP contribution in [0.15, 0.2) is 48.1 Å². The molecule has 9 nitrogen and oxygen atoms in total. The van der Waals surface area contributed by atoms with Crippen LogP contribution in [-0.2, 0) is 21.7 Å². The van der Waals surface area contributed by atoms with Gasteiger partial charge in [0, 0.05) is 6.54 Å². The summed E-state index contributed by atoms with van der Waals surface area (Å²) in [4.78, 5) is 37.8. The molecule has 3 rings (SSSR count). The smallest absolute Gasteiger partial charge is 0.318 e. The van der Waals surface area contributed by atoms with Gasteiger partial charge < -0.3 is 9.88 Å². The third kappa shape index (κ3) is 3.88. The van der Waals surface area contributed by atoms with E-state index in [1.165, 1.54) is 0 Å². The van der Waals surface area contributed by atoms with E-state index >= 15 is 0 Å². The summed E-state index contributed by atoms with van der Waals surface area (Å²) < 4.78 is 1.82. The normalized spacial score (nSPS) is 18.6. The van der Waals surface area contributed by atoms with Gasteiger partial charge in [-0.25, -0.2) is 4.79 Å². The van der Waals surface area contributed by atoms with Crippen LogP contribution in [0.1, 0.15) is 24.7 Å². The fourth-order valence-corrected chi connectivity index (χ4v) is 3.92. The number of benzene rings is 1. The van der Waals surface area contributed by atoms with E-state index in [9.17, 15) is 14.4 Å². The molecule has 2 heterocycles. The van der Waals surface area contributed by atoms with Crippen molar-refractivity contribution >= 4 is 29.6 Å². The van der Waals surface area contributed by atoms with E-state index < -0.39 is 23.4 Å². The van der Waals surface area contributed by atoms with E-state index in [1.807, 2.05) is 17.6 Å². The molecular weight excluding hydrogens is 392 g/mol. The molecule has 29 heavy (non-hydrogen) atoms. The summed E-state index contributed by atoms with van der Waals surface area (Å²) in [7, 11) is 0. The molecule has 0 spiro atoms. The van der Waals surface area contributed by atoms with Crippen LogP contribution in [0.3, 0.4) is 0 Å². The van der Waals surface area contributed by atoms with Gasteiger partial charge in [-0.05, 0) is 18.9 Å². The SMILES string of the molecule is C=CCn1c(C)nnc1SCC(=O)NN1C(=O)NC(CC)(c2ccccc2)C1=O. The third-order valence-corrected chi connectivity index (χ3v) is 5.64. The summed E-state index contributed by atoms with van der Waals surface area (Å²) in [6.45, 7) is 7.82. The van der Waals surface area contributed by atoms with E-state index in [0.717, 1.165) is 16.8 Å². The van der Waals surface area contributed by atoms with Gasteiger partial charge in [0.15, 0.2) is 5.16 Å². The lowest BCUT2D eigenvalue weighted by Crippen LogP contribution is -2.49. The Kier molecular flexibility index (Phi) is 6.02. The van der Waals surface area contributed by atoms with Crippen LogP contribution in [0.4, 0.5) is 4.79 Å². The average molecular weight is 414 g/mol. The highest BCUT2D eigenvalue weighted by Crippen LogP contribution is 2.31. The molecule has 1 aliphatic rings. The number of carbonyl (C=O) groups excluding carboxylic acids is 3. The standard InChI is InChI=1S/C19H22N6O3S/c1-4-11-24-13(3)21-22-18(24)29-12-15(26)23-25-16(27)19(5-2,20-17(25)28)14-9-7-6-8-10-14/h4,6-10H,1,5,11-12H2,2-3H3,(H,20,28)(H,23,26). The number of rotatable bonds is 8. The fourth-order valence-electron chi connectivity index (χ4n) is 3.13. The van der Waals surface area contributed by atoms with Gasteiger partial charge in [0.05, 0.1) is 5.75 Å². The third-order valence-electron chi connectivity index (χ3n) is 4.67. The van der Waals surface area contributed by atoms with Crippen LogP contribution in [0.25, 0.3) is 0 Å². The molecule has 1 aromatic heterocycles. The number of thioether (sulfide) groups is 1. The quantitative estimate of drug-likeness (QED) is 0.387. The number of nitrogens with zero attached hydrogens (tertiary/aromatic N) is 4. The molecule has 1 saturated heterocycles. The van der Waals surface area contributed by atoms with Crippen molar-refractivity contribution in [3.8, 4) is 0 Å². The van der Waals surface area contributed by atoms with Crippen molar-refractivity contribution in [3.63, 3.8) is 0 Å². The van der Waals surface area contributed by atoms with E-state index in [1.54, 1.807) is 37.3 Å². The molecule has 10 heteroatoms. The van der Waals surface area contributed by atoms with E-state index in [2.05, 4.69) is 27.5 Å². The Morgan fingerprint density at radius 1 is 1.31 bits per heavy atom. The van der Waals surface area contributed by atoms with Crippen LogP contribution in [0.2, 0.25) is 0 Å². The first-order valence-electron chi connectivity index (χ1n) is 9.08. The highest BCUT2D eigenvalue weighted by atomic mass is 32.2. The van der Waals surface area contributed by atoms with Crippen LogP contribution in [0, 0.1) is 6.92 Å². The molecule has 0 aliphatic carbocycles. The molecule has 1 fully saturated rings. The summed E-state index contributed by atoms with van der Waals surface area (Å²) in [5, 5.41) is 12.0. The van der Waals surface area contributed by atoms with Crippen molar-refractivity contribution in [2.24, 2.45) is 0 Å². The number of hydrogen-bond donors (Lipinski definition) is 2. The van der Waals surface area contributed by atoms with Gasteiger partial charge in [-0.15, -0.1) is 16.8 Å². The number of allylic oxidation sites excluding steroid dienone is 1. The second-order valence-electron chi connectivity index (χ2n) is 6.45. The van der Waals surface area contributed by atoms with E-state index in [0.29, 0.717) is 29.5 Å². The number of nitrogens with one attached hydrogen (secondary N) is 2. The van der Waals surface area contributed by atoms with Crippen molar-refractivity contribution in [2.75, 3.05) is 5.75 Å². The van der Waals surface area contributed by atoms with Crippen LogP contribution in [-0.4, -0.2) is 43.4 Å². The minimum Gasteiger partial charge on any atom is -0.318 e. The van der Waals surface area contributed by atoms with Crippen molar-refractivity contribution in [3.05, 3.63) is 54.4 Å². The summed E-state index contributed by atoms with van der Waals surface area (Å²) in [6.07, 6.45) is 2.06. The van der Waals surface area contributed by atoms with Crippen molar-refractivity contribution in [2.45, 2.75) is 37.5 Å². The summed E-state index contributed by atoms with van der Waals surface area (Å²) in [5.74, 6) is -0.335. The first-order chi connectivity index (χ1) is 13.9. The highest BCUT2D eigenvalue weighted by molar-refractivity contribution is 7.99. The van der Waals surface area contributed by atoms with Gasteiger partial charge >= 0.3 is 6.03 Å². The van der Waals surface area contributed by atoms with Crippen molar-refractivity contribution < 1.29 is 14.4 Å². The number of hydrogen-bond acceptors (Lipinski definition) is 6. The van der Waals surface area contributed by atoms with Gasteiger partial charge in [-0.2, -0.15) is 5.01 Å². The lowest BCUT2D eigenvalue weighted by atomic mass is 9.87. The zero-order chi connectivity index (χ0) is 21.0. The minimum atomic E-state index is -1.19. The molecule has 2 aromatic rings. The first-order valence-corrected chi connectivity index (χ1v) is 10.1. The molecule has 1 aliphatic heterocycles. The molecule has 1 atom stereocenters. The van der Waals surface area contributed by atoms with Crippen LogP contribution in [0.5, 0.6) is 0 Å². The zero-order valence-corrected chi connectivity index (χ0v) is 17.0. The number of aromatic nitrogens is 3. The maximum atomic E-state index is 13.0. The van der Waals surface area contributed by atoms with Gasteiger partial charge in [-0.1, -0.05) is 55.1 Å². The predicted molar refractivity (Wildman–Crippen MR) is 108 cm³/mol. The highest BCUT2D eigenvalue weighted by Gasteiger charge is 2.52. The number of carbonyl (C=O) groups is 3. The molecule has 0 radical (unpaired) electrons. The fraction of sp³-hybridized carbons (Fsp3) is 0.316. The molecule has 152 valence electrons. The van der Waals surface area contributed by atoms with Gasteiger partial charge in [0.1, 0.15) is 11.4 Å². The molecule has 1 aromatic carbocycles. The Morgan fingerprint density at radius 3 is 2.69 bits per heavy atom. The zero-order valence-electron chi connectivity index (χ0n) is 16.2. The lowest BCUT2D eigenvalue weighted by molar-refractivity contribution is -0.138. The summed E-state index contributed by atoms with van der Waals surface area (Å²) in [5.41, 5.74) is 1.87. The maximum absolute atomic E-state index is 13.0. The number of aryl methyl sites for hydroxylation is 1. The van der Waals surface area contributed by atoms with Gasteiger partial charge in [0.25, 0.3) is 5.91 Å². The number of amides is 4. The second-order valence-corrected chi connectivity index (χ2v) is 7.39. The number of hydrazine groups is 1. The molecule has 0 bridgehead atoms. The Labute approximate surface area is 172 Å². The lowest BCUT2D eigenvalue weighted by Gasteiger charge is -2.25.